The highest BCUT2D eigenvalue weighted by Crippen LogP contribution is 2.31. The molecule has 2 rings (SSSR count). The summed E-state index contributed by atoms with van der Waals surface area (Å²) in [7, 11) is 0. The van der Waals surface area contributed by atoms with Crippen LogP contribution in [0.4, 0.5) is 24.7 Å². The maximum atomic E-state index is 12.6. The molecular weight excluding hydrogens is 307 g/mol. The Morgan fingerprint density at radius 3 is 2.62 bits per heavy atom. The maximum absolute atomic E-state index is 12.6. The summed E-state index contributed by atoms with van der Waals surface area (Å²) in [5.41, 5.74) is -0.682. The van der Waals surface area contributed by atoms with Gasteiger partial charge in [-0.15, -0.1) is 0 Å². The summed E-state index contributed by atoms with van der Waals surface area (Å²) in [5.74, 6) is 0.349. The smallest absolute Gasteiger partial charge is 0.339 e. The summed E-state index contributed by atoms with van der Waals surface area (Å²) >= 11 is 5.80. The van der Waals surface area contributed by atoms with Crippen LogP contribution in [0.25, 0.3) is 0 Å². The van der Waals surface area contributed by atoms with Gasteiger partial charge in [-0.3, -0.25) is 4.79 Å². The number of aromatic nitrogens is 2. The number of nitrogens with zero attached hydrogens (tertiary/aromatic N) is 2. The van der Waals surface area contributed by atoms with E-state index in [1.165, 1.54) is 12.1 Å². The van der Waals surface area contributed by atoms with E-state index in [4.69, 9.17) is 11.6 Å². The molecule has 0 aliphatic rings. The first-order valence-electron chi connectivity index (χ1n) is 5.75. The molecule has 1 aromatic heterocycles. The molecule has 0 aliphatic heterocycles. The van der Waals surface area contributed by atoms with Crippen LogP contribution in [-0.2, 0) is 6.18 Å². The van der Waals surface area contributed by atoms with E-state index in [9.17, 15) is 18.0 Å². The van der Waals surface area contributed by atoms with Gasteiger partial charge in [0.1, 0.15) is 16.8 Å². The molecule has 0 amide bonds. The molecule has 0 saturated carbocycles. The number of alkyl halides is 3. The fourth-order valence-corrected chi connectivity index (χ4v) is 1.91. The van der Waals surface area contributed by atoms with Crippen molar-refractivity contribution >= 4 is 29.4 Å². The number of carbonyl (C=O) groups is 1. The monoisotopic (exact) mass is 315 g/mol. The average Bonchev–Trinajstić information content (AvgIpc) is 2.37. The number of hydrogen-bond donors (Lipinski definition) is 1. The molecule has 1 N–H and O–H groups in total. The Labute approximate surface area is 123 Å². The van der Waals surface area contributed by atoms with E-state index in [0.717, 1.165) is 12.1 Å². The topological polar surface area (TPSA) is 54.9 Å². The molecule has 110 valence electrons. The molecule has 2 aromatic rings. The number of rotatable bonds is 3. The summed E-state index contributed by atoms with van der Waals surface area (Å²) in [4.78, 5) is 18.8. The molecule has 1 aromatic carbocycles. The van der Waals surface area contributed by atoms with Crippen LogP contribution in [0, 0.1) is 6.92 Å². The predicted molar refractivity (Wildman–Crippen MR) is 71.9 cm³/mol. The fourth-order valence-electron chi connectivity index (χ4n) is 1.66. The number of anilines is 2. The van der Waals surface area contributed by atoms with Gasteiger partial charge in [0.05, 0.1) is 11.1 Å². The Kier molecular flexibility index (Phi) is 4.13. The van der Waals surface area contributed by atoms with Crippen LogP contribution in [-0.4, -0.2) is 16.3 Å². The molecule has 0 unspecified atom stereocenters. The van der Waals surface area contributed by atoms with Gasteiger partial charge in [-0.1, -0.05) is 17.7 Å². The molecular formula is C13H9ClF3N3O. The van der Waals surface area contributed by atoms with Crippen molar-refractivity contribution in [3.8, 4) is 0 Å². The highest BCUT2D eigenvalue weighted by atomic mass is 35.5. The second kappa shape index (κ2) is 5.69. The van der Waals surface area contributed by atoms with Crippen molar-refractivity contribution in [2.45, 2.75) is 13.1 Å². The van der Waals surface area contributed by atoms with Gasteiger partial charge in [0, 0.05) is 5.69 Å². The number of halogens is 4. The van der Waals surface area contributed by atoms with Gasteiger partial charge < -0.3 is 5.32 Å². The Hall–Kier alpha value is -2.15. The largest absolute Gasteiger partial charge is 0.416 e. The molecule has 8 heteroatoms. The van der Waals surface area contributed by atoms with Crippen LogP contribution in [0.2, 0.25) is 5.15 Å². The molecule has 0 aliphatic carbocycles. The van der Waals surface area contributed by atoms with Crippen molar-refractivity contribution in [3.63, 3.8) is 0 Å². The standard InChI is InChI=1S/C13H9ClF3N3O/c1-7-18-11(14)10(6-21)12(19-7)20-9-4-2-3-8(5-9)13(15,16)17/h2-6H,1H3,(H,18,19,20). The second-order valence-corrected chi connectivity index (χ2v) is 4.50. The number of aldehydes is 1. The van der Waals surface area contributed by atoms with Crippen LogP contribution in [0.1, 0.15) is 21.7 Å². The number of aryl methyl sites for hydroxylation is 1. The van der Waals surface area contributed by atoms with Gasteiger partial charge in [-0.25, -0.2) is 9.97 Å². The predicted octanol–water partition coefficient (Wildman–Crippen LogP) is 4.01. The lowest BCUT2D eigenvalue weighted by Gasteiger charge is -2.12. The SMILES string of the molecule is Cc1nc(Cl)c(C=O)c(Nc2cccc(C(F)(F)F)c2)n1. The zero-order chi connectivity index (χ0) is 15.6. The van der Waals surface area contributed by atoms with Gasteiger partial charge in [-0.2, -0.15) is 13.2 Å². The van der Waals surface area contributed by atoms with Crippen molar-refractivity contribution in [2.75, 3.05) is 5.32 Å². The molecule has 0 fully saturated rings. The van der Waals surface area contributed by atoms with Crippen molar-refractivity contribution in [2.24, 2.45) is 0 Å². The fraction of sp³-hybridized carbons (Fsp3) is 0.154. The van der Waals surface area contributed by atoms with Crippen LogP contribution in [0.15, 0.2) is 24.3 Å². The van der Waals surface area contributed by atoms with Gasteiger partial charge >= 0.3 is 6.18 Å². The van der Waals surface area contributed by atoms with Crippen molar-refractivity contribution in [1.82, 2.24) is 9.97 Å². The highest BCUT2D eigenvalue weighted by molar-refractivity contribution is 6.32. The lowest BCUT2D eigenvalue weighted by atomic mass is 10.2. The van der Waals surface area contributed by atoms with E-state index in [1.807, 2.05) is 0 Å². The van der Waals surface area contributed by atoms with E-state index in [2.05, 4.69) is 15.3 Å². The molecule has 0 radical (unpaired) electrons. The van der Waals surface area contributed by atoms with Gasteiger partial charge in [-0.05, 0) is 25.1 Å². The van der Waals surface area contributed by atoms with Gasteiger partial charge in [0.2, 0.25) is 0 Å². The number of hydrogen-bond acceptors (Lipinski definition) is 4. The van der Waals surface area contributed by atoms with Crippen molar-refractivity contribution in [1.29, 1.82) is 0 Å². The third kappa shape index (κ3) is 3.49. The van der Waals surface area contributed by atoms with Crippen molar-refractivity contribution in [3.05, 3.63) is 46.4 Å². The highest BCUT2D eigenvalue weighted by Gasteiger charge is 2.30. The number of benzene rings is 1. The first-order chi connectivity index (χ1) is 9.81. The van der Waals surface area contributed by atoms with E-state index in [1.54, 1.807) is 6.92 Å². The molecule has 0 spiro atoms. The quantitative estimate of drug-likeness (QED) is 0.686. The van der Waals surface area contributed by atoms with Crippen molar-refractivity contribution < 1.29 is 18.0 Å². The minimum Gasteiger partial charge on any atom is -0.339 e. The Morgan fingerprint density at radius 2 is 2.00 bits per heavy atom. The first kappa shape index (κ1) is 15.2. The summed E-state index contributed by atoms with van der Waals surface area (Å²) in [5, 5.41) is 2.59. The number of nitrogens with one attached hydrogen (secondary N) is 1. The third-order valence-electron chi connectivity index (χ3n) is 2.58. The molecule has 0 saturated heterocycles. The average molecular weight is 316 g/mol. The molecule has 4 nitrogen and oxygen atoms in total. The molecule has 0 atom stereocenters. The first-order valence-corrected chi connectivity index (χ1v) is 6.12. The van der Waals surface area contributed by atoms with Crippen LogP contribution >= 0.6 is 11.6 Å². The summed E-state index contributed by atoms with van der Waals surface area (Å²) in [6.07, 6.45) is -4.01. The van der Waals surface area contributed by atoms with Gasteiger partial charge in [0.25, 0.3) is 0 Å². The maximum Gasteiger partial charge on any atom is 0.416 e. The minimum atomic E-state index is -4.45. The lowest BCUT2D eigenvalue weighted by molar-refractivity contribution is -0.137. The zero-order valence-corrected chi connectivity index (χ0v) is 11.5. The van der Waals surface area contributed by atoms with E-state index in [0.29, 0.717) is 12.1 Å². The van der Waals surface area contributed by atoms with Crippen LogP contribution < -0.4 is 5.32 Å². The molecule has 0 bridgehead atoms. The van der Waals surface area contributed by atoms with Crippen LogP contribution in [0.5, 0.6) is 0 Å². The Bertz CT molecular complexity index is 689. The second-order valence-electron chi connectivity index (χ2n) is 4.15. The third-order valence-corrected chi connectivity index (χ3v) is 2.87. The normalized spacial score (nSPS) is 11.3. The summed E-state index contributed by atoms with van der Waals surface area (Å²) < 4.78 is 37.9. The zero-order valence-electron chi connectivity index (χ0n) is 10.7. The van der Waals surface area contributed by atoms with E-state index < -0.39 is 11.7 Å². The number of carbonyl (C=O) groups excluding carboxylic acids is 1. The minimum absolute atomic E-state index is 0.0142. The summed E-state index contributed by atoms with van der Waals surface area (Å²) in [6.45, 7) is 1.55. The Morgan fingerprint density at radius 1 is 1.29 bits per heavy atom. The van der Waals surface area contributed by atoms with E-state index >= 15 is 0 Å². The molecule has 21 heavy (non-hydrogen) atoms. The van der Waals surface area contributed by atoms with Gasteiger partial charge in [0.15, 0.2) is 6.29 Å². The summed E-state index contributed by atoms with van der Waals surface area (Å²) in [6, 6.07) is 4.54. The van der Waals surface area contributed by atoms with Crippen LogP contribution in [0.3, 0.4) is 0 Å². The molecule has 1 heterocycles. The lowest BCUT2D eigenvalue weighted by Crippen LogP contribution is -2.07. The Balaban J connectivity index is 2.41. The van der Waals surface area contributed by atoms with E-state index in [-0.39, 0.29) is 22.2 Å².